The van der Waals surface area contributed by atoms with E-state index >= 15 is 0 Å². The lowest BCUT2D eigenvalue weighted by atomic mass is 10.1. The lowest BCUT2D eigenvalue weighted by Crippen LogP contribution is -2.21. The Morgan fingerprint density at radius 3 is 2.20 bits per heavy atom. The van der Waals surface area contributed by atoms with Gasteiger partial charge in [-0.3, -0.25) is 0 Å². The number of rotatable bonds is 4. The van der Waals surface area contributed by atoms with Crippen molar-refractivity contribution in [3.8, 4) is 5.75 Å². The van der Waals surface area contributed by atoms with Gasteiger partial charge in [-0.2, -0.15) is 0 Å². The molecule has 1 aromatic carbocycles. The molecule has 1 N–H and O–H groups in total. The lowest BCUT2D eigenvalue weighted by molar-refractivity contribution is 0.475. The summed E-state index contributed by atoms with van der Waals surface area (Å²) >= 11 is 0. The van der Waals surface area contributed by atoms with Crippen LogP contribution < -0.4 is 0 Å². The van der Waals surface area contributed by atoms with Gasteiger partial charge < -0.3 is 5.11 Å². The summed E-state index contributed by atoms with van der Waals surface area (Å²) in [6, 6.07) is 6.65. The van der Waals surface area contributed by atoms with E-state index in [0.29, 0.717) is 12.8 Å². The van der Waals surface area contributed by atoms with Crippen molar-refractivity contribution in [3.05, 3.63) is 29.8 Å². The SMILES string of the molecule is CCC(Cc1ccc(O)cc1)S(C)(=O)=O. The molecule has 84 valence electrons. The van der Waals surface area contributed by atoms with Crippen LogP contribution in [0.4, 0.5) is 0 Å². The standard InChI is InChI=1S/C11H16O3S/c1-3-11(15(2,13)14)8-9-4-6-10(12)7-5-9/h4-7,11-12H,3,8H2,1-2H3. The van der Waals surface area contributed by atoms with Crippen LogP contribution in [0.1, 0.15) is 18.9 Å². The molecule has 3 nitrogen and oxygen atoms in total. The summed E-state index contributed by atoms with van der Waals surface area (Å²) in [7, 11) is -2.99. The van der Waals surface area contributed by atoms with Crippen molar-refractivity contribution in [1.29, 1.82) is 0 Å². The van der Waals surface area contributed by atoms with E-state index in [1.54, 1.807) is 24.3 Å². The maximum atomic E-state index is 11.4. The summed E-state index contributed by atoms with van der Waals surface area (Å²) in [6.45, 7) is 1.87. The van der Waals surface area contributed by atoms with E-state index < -0.39 is 9.84 Å². The highest BCUT2D eigenvalue weighted by Crippen LogP contribution is 2.15. The summed E-state index contributed by atoms with van der Waals surface area (Å²) in [4.78, 5) is 0. The molecule has 0 saturated carbocycles. The topological polar surface area (TPSA) is 54.4 Å². The molecule has 15 heavy (non-hydrogen) atoms. The molecule has 4 heteroatoms. The summed E-state index contributed by atoms with van der Waals surface area (Å²) in [5, 5.41) is 8.76. The molecule has 0 heterocycles. The number of hydrogen-bond acceptors (Lipinski definition) is 3. The number of aromatic hydroxyl groups is 1. The minimum Gasteiger partial charge on any atom is -0.508 e. The third kappa shape index (κ3) is 3.55. The van der Waals surface area contributed by atoms with Crippen LogP contribution in [-0.4, -0.2) is 25.0 Å². The van der Waals surface area contributed by atoms with Crippen molar-refractivity contribution >= 4 is 9.84 Å². The van der Waals surface area contributed by atoms with E-state index in [4.69, 9.17) is 5.11 Å². The molecule has 0 aliphatic carbocycles. The van der Waals surface area contributed by atoms with Crippen LogP contribution in [0, 0.1) is 0 Å². The van der Waals surface area contributed by atoms with Gasteiger partial charge in [0.1, 0.15) is 5.75 Å². The van der Waals surface area contributed by atoms with Gasteiger partial charge in [-0.25, -0.2) is 8.42 Å². The van der Waals surface area contributed by atoms with E-state index in [1.807, 2.05) is 6.92 Å². The molecule has 0 fully saturated rings. The normalized spacial score (nSPS) is 13.7. The van der Waals surface area contributed by atoms with Crippen LogP contribution in [0.15, 0.2) is 24.3 Å². The highest BCUT2D eigenvalue weighted by atomic mass is 32.2. The Morgan fingerprint density at radius 2 is 1.80 bits per heavy atom. The Morgan fingerprint density at radius 1 is 1.27 bits per heavy atom. The van der Waals surface area contributed by atoms with Crippen molar-refractivity contribution in [2.75, 3.05) is 6.26 Å². The second kappa shape index (κ2) is 4.66. The van der Waals surface area contributed by atoms with Gasteiger partial charge in [0.25, 0.3) is 0 Å². The van der Waals surface area contributed by atoms with Gasteiger partial charge in [0.05, 0.1) is 5.25 Å². The molecule has 0 saturated heterocycles. The fraction of sp³-hybridized carbons (Fsp3) is 0.455. The lowest BCUT2D eigenvalue weighted by Gasteiger charge is -2.12. The van der Waals surface area contributed by atoms with Gasteiger partial charge in [0, 0.05) is 6.26 Å². The largest absolute Gasteiger partial charge is 0.508 e. The van der Waals surface area contributed by atoms with Crippen molar-refractivity contribution in [2.24, 2.45) is 0 Å². The number of sulfone groups is 1. The Bertz CT molecular complexity index is 406. The van der Waals surface area contributed by atoms with Crippen LogP contribution in [0.3, 0.4) is 0 Å². The average Bonchev–Trinajstić information content (AvgIpc) is 2.15. The minimum absolute atomic E-state index is 0.200. The molecule has 0 spiro atoms. The highest BCUT2D eigenvalue weighted by Gasteiger charge is 2.18. The number of phenolic OH excluding ortho intramolecular Hbond substituents is 1. The maximum Gasteiger partial charge on any atom is 0.150 e. The third-order valence-electron chi connectivity index (χ3n) is 2.46. The van der Waals surface area contributed by atoms with E-state index in [0.717, 1.165) is 5.56 Å². The Hall–Kier alpha value is -1.03. The zero-order valence-electron chi connectivity index (χ0n) is 8.97. The van der Waals surface area contributed by atoms with Gasteiger partial charge in [-0.1, -0.05) is 19.1 Å². The van der Waals surface area contributed by atoms with Gasteiger partial charge in [-0.05, 0) is 30.5 Å². The fourth-order valence-corrected chi connectivity index (χ4v) is 2.59. The Balaban J connectivity index is 2.80. The fourth-order valence-electron chi connectivity index (χ4n) is 1.49. The maximum absolute atomic E-state index is 11.4. The summed E-state index contributed by atoms with van der Waals surface area (Å²) in [6.07, 6.45) is 2.39. The molecule has 1 aromatic rings. The summed E-state index contributed by atoms with van der Waals surface area (Å²) in [5.41, 5.74) is 0.935. The van der Waals surface area contributed by atoms with Crippen LogP contribution in [0.2, 0.25) is 0 Å². The molecule has 1 atom stereocenters. The van der Waals surface area contributed by atoms with Gasteiger partial charge in [0.2, 0.25) is 0 Å². The molecule has 1 unspecified atom stereocenters. The monoisotopic (exact) mass is 228 g/mol. The van der Waals surface area contributed by atoms with Crippen LogP contribution in [-0.2, 0) is 16.3 Å². The number of benzene rings is 1. The molecule has 0 aliphatic heterocycles. The first-order valence-electron chi connectivity index (χ1n) is 4.90. The quantitative estimate of drug-likeness (QED) is 0.854. The molecule has 0 radical (unpaired) electrons. The zero-order chi connectivity index (χ0) is 11.5. The first kappa shape index (κ1) is 12.0. The molecular formula is C11H16O3S. The molecule has 1 rings (SSSR count). The minimum atomic E-state index is -2.99. The molecular weight excluding hydrogens is 212 g/mol. The Labute approximate surface area is 90.7 Å². The van der Waals surface area contributed by atoms with E-state index in [-0.39, 0.29) is 11.0 Å². The summed E-state index contributed by atoms with van der Waals surface area (Å²) in [5.74, 6) is 0.200. The predicted octanol–water partition coefficient (Wildman–Crippen LogP) is 1.76. The second-order valence-corrected chi connectivity index (χ2v) is 6.06. The van der Waals surface area contributed by atoms with Crippen molar-refractivity contribution in [3.63, 3.8) is 0 Å². The van der Waals surface area contributed by atoms with Crippen LogP contribution in [0.5, 0.6) is 5.75 Å². The second-order valence-electron chi connectivity index (χ2n) is 3.73. The van der Waals surface area contributed by atoms with Crippen LogP contribution in [0.25, 0.3) is 0 Å². The first-order chi connectivity index (χ1) is 6.93. The van der Waals surface area contributed by atoms with Gasteiger partial charge in [-0.15, -0.1) is 0 Å². The molecule has 0 aliphatic rings. The predicted molar refractivity (Wildman–Crippen MR) is 60.7 cm³/mol. The van der Waals surface area contributed by atoms with Crippen LogP contribution >= 0.6 is 0 Å². The molecule has 0 bridgehead atoms. The molecule has 0 amide bonds. The highest BCUT2D eigenvalue weighted by molar-refractivity contribution is 7.91. The number of hydrogen-bond donors (Lipinski definition) is 1. The third-order valence-corrected chi connectivity index (χ3v) is 4.17. The number of phenols is 1. The summed E-state index contributed by atoms with van der Waals surface area (Å²) < 4.78 is 22.8. The van der Waals surface area contributed by atoms with E-state index in [2.05, 4.69) is 0 Å². The van der Waals surface area contributed by atoms with Crippen molar-refractivity contribution in [1.82, 2.24) is 0 Å². The van der Waals surface area contributed by atoms with Crippen molar-refractivity contribution < 1.29 is 13.5 Å². The van der Waals surface area contributed by atoms with Crippen molar-refractivity contribution in [2.45, 2.75) is 25.0 Å². The Kier molecular flexibility index (Phi) is 3.74. The smallest absolute Gasteiger partial charge is 0.150 e. The zero-order valence-corrected chi connectivity index (χ0v) is 9.79. The average molecular weight is 228 g/mol. The molecule has 0 aromatic heterocycles. The van der Waals surface area contributed by atoms with E-state index in [1.165, 1.54) is 6.26 Å². The van der Waals surface area contributed by atoms with Gasteiger partial charge in [0.15, 0.2) is 9.84 Å². The first-order valence-corrected chi connectivity index (χ1v) is 6.85. The van der Waals surface area contributed by atoms with Gasteiger partial charge >= 0.3 is 0 Å². The van der Waals surface area contributed by atoms with E-state index in [9.17, 15) is 8.42 Å².